The predicted octanol–water partition coefficient (Wildman–Crippen LogP) is 2.94. The molecule has 0 heterocycles. The van der Waals surface area contributed by atoms with Crippen LogP contribution in [0.15, 0.2) is 48.6 Å². The molecule has 0 fully saturated rings. The molecule has 0 atom stereocenters. The van der Waals surface area contributed by atoms with Gasteiger partial charge in [-0.05, 0) is 31.0 Å². The maximum atomic E-state index is 5.57. The number of allylic oxidation sites excluding steroid dienone is 4. The van der Waals surface area contributed by atoms with Crippen molar-refractivity contribution in [3.05, 3.63) is 54.1 Å². The van der Waals surface area contributed by atoms with Crippen LogP contribution in [-0.4, -0.2) is 0 Å². The van der Waals surface area contributed by atoms with Gasteiger partial charge in [-0.25, -0.2) is 0 Å². The quantitative estimate of drug-likeness (QED) is 0.552. The summed E-state index contributed by atoms with van der Waals surface area (Å²) in [6.07, 6.45) is 9.18. The summed E-state index contributed by atoms with van der Waals surface area (Å²) < 4.78 is 0. The lowest BCUT2D eigenvalue weighted by Gasteiger charge is -1.96. The molecule has 0 aliphatic carbocycles. The second kappa shape index (κ2) is 5.20. The minimum absolute atomic E-state index is 0.821. The van der Waals surface area contributed by atoms with E-state index < -0.39 is 0 Å². The zero-order valence-corrected chi connectivity index (χ0v) is 7.90. The van der Waals surface area contributed by atoms with Gasteiger partial charge >= 0.3 is 0 Å². The SMILES string of the molecule is C/C=C\C=C/Cc1ccc(N)cc1. The van der Waals surface area contributed by atoms with E-state index in [9.17, 15) is 0 Å². The molecule has 0 aliphatic rings. The van der Waals surface area contributed by atoms with Crippen LogP contribution in [-0.2, 0) is 6.42 Å². The van der Waals surface area contributed by atoms with E-state index in [0.29, 0.717) is 0 Å². The Kier molecular flexibility index (Phi) is 3.83. The highest BCUT2D eigenvalue weighted by Crippen LogP contribution is 2.06. The second-order valence-electron chi connectivity index (χ2n) is 2.90. The summed E-state index contributed by atoms with van der Waals surface area (Å²) in [7, 11) is 0. The lowest BCUT2D eigenvalue weighted by molar-refractivity contribution is 1.27. The summed E-state index contributed by atoms with van der Waals surface area (Å²) in [6.45, 7) is 2.01. The van der Waals surface area contributed by atoms with Crippen molar-refractivity contribution in [3.63, 3.8) is 0 Å². The summed E-state index contributed by atoms with van der Waals surface area (Å²) >= 11 is 0. The largest absolute Gasteiger partial charge is 0.399 e. The lowest BCUT2D eigenvalue weighted by atomic mass is 10.1. The molecule has 1 aromatic rings. The van der Waals surface area contributed by atoms with Gasteiger partial charge in [-0.2, -0.15) is 0 Å². The van der Waals surface area contributed by atoms with Gasteiger partial charge in [0.1, 0.15) is 0 Å². The van der Waals surface area contributed by atoms with Crippen LogP contribution in [0, 0.1) is 0 Å². The average molecular weight is 173 g/mol. The topological polar surface area (TPSA) is 26.0 Å². The molecule has 0 saturated heterocycles. The summed E-state index contributed by atoms with van der Waals surface area (Å²) in [4.78, 5) is 0. The van der Waals surface area contributed by atoms with Crippen molar-refractivity contribution in [3.8, 4) is 0 Å². The minimum atomic E-state index is 0.821. The third kappa shape index (κ3) is 3.61. The van der Waals surface area contributed by atoms with E-state index in [2.05, 4.69) is 24.3 Å². The molecule has 68 valence electrons. The molecule has 1 nitrogen and oxygen atoms in total. The molecular formula is C12H15N. The van der Waals surface area contributed by atoms with Crippen molar-refractivity contribution in [1.82, 2.24) is 0 Å². The van der Waals surface area contributed by atoms with Gasteiger partial charge in [0.05, 0.1) is 0 Å². The van der Waals surface area contributed by atoms with Crippen molar-refractivity contribution in [1.29, 1.82) is 0 Å². The van der Waals surface area contributed by atoms with Gasteiger partial charge in [0.25, 0.3) is 0 Å². The van der Waals surface area contributed by atoms with Crippen molar-refractivity contribution >= 4 is 5.69 Å². The summed E-state index contributed by atoms with van der Waals surface area (Å²) in [5, 5.41) is 0. The molecule has 0 aliphatic heterocycles. The molecule has 0 unspecified atom stereocenters. The van der Waals surface area contributed by atoms with Crippen molar-refractivity contribution in [2.45, 2.75) is 13.3 Å². The molecular weight excluding hydrogens is 158 g/mol. The Labute approximate surface area is 79.6 Å². The summed E-state index contributed by atoms with van der Waals surface area (Å²) in [5.74, 6) is 0. The predicted molar refractivity (Wildman–Crippen MR) is 58.5 cm³/mol. The van der Waals surface area contributed by atoms with Crippen LogP contribution >= 0.6 is 0 Å². The van der Waals surface area contributed by atoms with Crippen molar-refractivity contribution in [2.24, 2.45) is 0 Å². The van der Waals surface area contributed by atoms with Gasteiger partial charge < -0.3 is 5.73 Å². The lowest BCUT2D eigenvalue weighted by Crippen LogP contribution is -1.85. The Balaban J connectivity index is 2.50. The third-order valence-electron chi connectivity index (χ3n) is 1.77. The van der Waals surface area contributed by atoms with Crippen LogP contribution in [0.25, 0.3) is 0 Å². The van der Waals surface area contributed by atoms with Gasteiger partial charge in [-0.3, -0.25) is 0 Å². The van der Waals surface area contributed by atoms with E-state index in [-0.39, 0.29) is 0 Å². The number of anilines is 1. The average Bonchev–Trinajstić information content (AvgIpc) is 2.15. The Morgan fingerprint density at radius 3 is 2.46 bits per heavy atom. The first-order valence-corrected chi connectivity index (χ1v) is 4.45. The van der Waals surface area contributed by atoms with Crippen LogP contribution in [0.2, 0.25) is 0 Å². The van der Waals surface area contributed by atoms with Gasteiger partial charge in [0.2, 0.25) is 0 Å². The minimum Gasteiger partial charge on any atom is -0.399 e. The normalized spacial score (nSPS) is 11.5. The van der Waals surface area contributed by atoms with Crippen LogP contribution < -0.4 is 5.73 Å². The standard InChI is InChI=1S/C12H15N/c1-2-3-4-5-6-11-7-9-12(13)10-8-11/h2-5,7-10H,6,13H2,1H3/b3-2-,5-4-. The van der Waals surface area contributed by atoms with Gasteiger partial charge in [0, 0.05) is 5.69 Å². The first-order valence-electron chi connectivity index (χ1n) is 4.45. The molecule has 1 rings (SSSR count). The molecule has 0 bridgehead atoms. The molecule has 0 radical (unpaired) electrons. The van der Waals surface area contributed by atoms with Crippen LogP contribution in [0.1, 0.15) is 12.5 Å². The van der Waals surface area contributed by atoms with E-state index in [1.807, 2.05) is 31.2 Å². The van der Waals surface area contributed by atoms with E-state index in [0.717, 1.165) is 12.1 Å². The zero-order chi connectivity index (χ0) is 9.52. The summed E-state index contributed by atoms with van der Waals surface area (Å²) in [6, 6.07) is 7.96. The monoisotopic (exact) mass is 173 g/mol. The third-order valence-corrected chi connectivity index (χ3v) is 1.77. The maximum absolute atomic E-state index is 5.57. The number of nitrogen functional groups attached to an aromatic ring is 1. The van der Waals surface area contributed by atoms with Crippen LogP contribution in [0.4, 0.5) is 5.69 Å². The number of rotatable bonds is 3. The summed E-state index contributed by atoms with van der Waals surface area (Å²) in [5.41, 5.74) is 7.68. The molecule has 2 N–H and O–H groups in total. The second-order valence-corrected chi connectivity index (χ2v) is 2.90. The number of nitrogens with two attached hydrogens (primary N) is 1. The Morgan fingerprint density at radius 1 is 1.15 bits per heavy atom. The Bertz CT molecular complexity index is 293. The highest BCUT2D eigenvalue weighted by molar-refractivity contribution is 5.39. The van der Waals surface area contributed by atoms with Gasteiger partial charge in [-0.1, -0.05) is 36.4 Å². The van der Waals surface area contributed by atoms with Crippen LogP contribution in [0.3, 0.4) is 0 Å². The highest BCUT2D eigenvalue weighted by Gasteiger charge is 1.87. The number of benzene rings is 1. The van der Waals surface area contributed by atoms with E-state index >= 15 is 0 Å². The molecule has 0 amide bonds. The van der Waals surface area contributed by atoms with Gasteiger partial charge in [-0.15, -0.1) is 0 Å². The van der Waals surface area contributed by atoms with Gasteiger partial charge in [0.15, 0.2) is 0 Å². The molecule has 0 aromatic heterocycles. The van der Waals surface area contributed by atoms with E-state index in [1.165, 1.54) is 5.56 Å². The highest BCUT2D eigenvalue weighted by atomic mass is 14.5. The van der Waals surface area contributed by atoms with Crippen molar-refractivity contribution in [2.75, 3.05) is 5.73 Å². The fourth-order valence-corrected chi connectivity index (χ4v) is 1.05. The zero-order valence-electron chi connectivity index (χ0n) is 7.90. The first kappa shape index (κ1) is 9.59. The fraction of sp³-hybridized carbons (Fsp3) is 0.167. The molecule has 0 spiro atoms. The first-order chi connectivity index (χ1) is 6.33. The van der Waals surface area contributed by atoms with E-state index in [1.54, 1.807) is 0 Å². The smallest absolute Gasteiger partial charge is 0.0314 e. The number of hydrogen-bond donors (Lipinski definition) is 1. The maximum Gasteiger partial charge on any atom is 0.0314 e. The Hall–Kier alpha value is -1.50. The Morgan fingerprint density at radius 2 is 1.85 bits per heavy atom. The molecule has 1 aromatic carbocycles. The van der Waals surface area contributed by atoms with Crippen molar-refractivity contribution < 1.29 is 0 Å². The molecule has 0 saturated carbocycles. The van der Waals surface area contributed by atoms with E-state index in [4.69, 9.17) is 5.73 Å². The van der Waals surface area contributed by atoms with Crippen LogP contribution in [0.5, 0.6) is 0 Å². The number of hydrogen-bond acceptors (Lipinski definition) is 1. The molecule has 13 heavy (non-hydrogen) atoms. The fourth-order valence-electron chi connectivity index (χ4n) is 1.05. The molecule has 1 heteroatoms.